The van der Waals surface area contributed by atoms with Gasteiger partial charge in [0.05, 0.1) is 11.4 Å². The SMILES string of the molecule is CCN(CC)C(=O)c1ccc(CNC(=NC)NCc2ccccc2-n2nc(C)cc2C)cc1.I. The lowest BCUT2D eigenvalue weighted by molar-refractivity contribution is 0.0773. The van der Waals surface area contributed by atoms with Crippen molar-refractivity contribution in [3.63, 3.8) is 0 Å². The Bertz CT molecular complexity index is 1100. The van der Waals surface area contributed by atoms with Crippen molar-refractivity contribution in [1.82, 2.24) is 25.3 Å². The third kappa shape index (κ3) is 6.82. The fraction of sp³-hybridized carbons (Fsp3) is 0.346. The summed E-state index contributed by atoms with van der Waals surface area (Å²) in [4.78, 5) is 18.6. The van der Waals surface area contributed by atoms with Crippen molar-refractivity contribution >= 4 is 35.8 Å². The highest BCUT2D eigenvalue weighted by Crippen LogP contribution is 2.17. The molecule has 3 aromatic rings. The van der Waals surface area contributed by atoms with Gasteiger partial charge in [-0.25, -0.2) is 4.68 Å². The Morgan fingerprint density at radius 2 is 1.65 bits per heavy atom. The molecule has 0 saturated carbocycles. The lowest BCUT2D eigenvalue weighted by atomic mass is 10.1. The molecule has 8 heteroatoms. The summed E-state index contributed by atoms with van der Waals surface area (Å²) in [6.45, 7) is 10.7. The van der Waals surface area contributed by atoms with Crippen LogP contribution >= 0.6 is 24.0 Å². The Morgan fingerprint density at radius 3 is 2.24 bits per heavy atom. The molecule has 0 saturated heterocycles. The molecule has 0 unspecified atom stereocenters. The number of nitrogens with zero attached hydrogens (tertiary/aromatic N) is 4. The van der Waals surface area contributed by atoms with Gasteiger partial charge in [0.2, 0.25) is 0 Å². The van der Waals surface area contributed by atoms with Crippen molar-refractivity contribution in [2.45, 2.75) is 40.8 Å². The molecule has 0 bridgehead atoms. The molecule has 0 aliphatic heterocycles. The highest BCUT2D eigenvalue weighted by Gasteiger charge is 2.12. The quantitative estimate of drug-likeness (QED) is 0.237. The molecule has 0 atom stereocenters. The number of aromatic nitrogens is 2. The summed E-state index contributed by atoms with van der Waals surface area (Å²) < 4.78 is 1.98. The van der Waals surface area contributed by atoms with Gasteiger partial charge in [0.25, 0.3) is 5.91 Å². The molecule has 0 aliphatic carbocycles. The van der Waals surface area contributed by atoms with Gasteiger partial charge in [-0.15, -0.1) is 24.0 Å². The topological polar surface area (TPSA) is 74.6 Å². The zero-order valence-corrected chi connectivity index (χ0v) is 23.0. The monoisotopic (exact) mass is 574 g/mol. The average Bonchev–Trinajstić information content (AvgIpc) is 3.18. The number of hydrogen-bond acceptors (Lipinski definition) is 3. The van der Waals surface area contributed by atoms with Crippen molar-refractivity contribution in [2.75, 3.05) is 20.1 Å². The maximum atomic E-state index is 12.5. The van der Waals surface area contributed by atoms with E-state index in [1.165, 1.54) is 0 Å². The van der Waals surface area contributed by atoms with Crippen LogP contribution in [0.4, 0.5) is 0 Å². The molecular weight excluding hydrogens is 539 g/mol. The lowest BCUT2D eigenvalue weighted by Crippen LogP contribution is -2.36. The first-order valence-electron chi connectivity index (χ1n) is 11.4. The summed E-state index contributed by atoms with van der Waals surface area (Å²) in [6, 6.07) is 18.0. The van der Waals surface area contributed by atoms with E-state index in [0.717, 1.165) is 28.2 Å². The van der Waals surface area contributed by atoms with E-state index >= 15 is 0 Å². The first-order valence-corrected chi connectivity index (χ1v) is 11.4. The van der Waals surface area contributed by atoms with Gasteiger partial charge < -0.3 is 15.5 Å². The molecule has 0 radical (unpaired) electrons. The Labute approximate surface area is 219 Å². The van der Waals surface area contributed by atoms with Crippen molar-refractivity contribution < 1.29 is 4.79 Å². The van der Waals surface area contributed by atoms with Crippen LogP contribution in [-0.4, -0.2) is 46.7 Å². The van der Waals surface area contributed by atoms with Crippen LogP contribution in [-0.2, 0) is 13.1 Å². The largest absolute Gasteiger partial charge is 0.352 e. The van der Waals surface area contributed by atoms with E-state index in [-0.39, 0.29) is 29.9 Å². The van der Waals surface area contributed by atoms with Crippen molar-refractivity contribution in [3.05, 3.63) is 82.7 Å². The summed E-state index contributed by atoms with van der Waals surface area (Å²) in [5.41, 5.74) is 6.08. The summed E-state index contributed by atoms with van der Waals surface area (Å²) >= 11 is 0. The fourth-order valence-electron chi connectivity index (χ4n) is 3.78. The number of rotatable bonds is 8. The van der Waals surface area contributed by atoms with E-state index < -0.39 is 0 Å². The van der Waals surface area contributed by atoms with E-state index in [2.05, 4.69) is 45.8 Å². The van der Waals surface area contributed by atoms with E-state index in [0.29, 0.717) is 37.7 Å². The summed E-state index contributed by atoms with van der Waals surface area (Å²) in [5, 5.41) is 11.4. The molecule has 34 heavy (non-hydrogen) atoms. The predicted octanol–water partition coefficient (Wildman–Crippen LogP) is 4.45. The van der Waals surface area contributed by atoms with Crippen molar-refractivity contribution in [2.24, 2.45) is 4.99 Å². The molecule has 7 nitrogen and oxygen atoms in total. The number of carbonyl (C=O) groups excluding carboxylic acids is 1. The van der Waals surface area contributed by atoms with E-state index in [4.69, 9.17) is 0 Å². The zero-order chi connectivity index (χ0) is 23.8. The molecule has 0 aliphatic rings. The summed E-state index contributed by atoms with van der Waals surface area (Å²) in [7, 11) is 1.76. The van der Waals surface area contributed by atoms with Crippen LogP contribution in [0, 0.1) is 13.8 Å². The lowest BCUT2D eigenvalue weighted by Gasteiger charge is -2.18. The number of para-hydroxylation sites is 1. The fourth-order valence-corrected chi connectivity index (χ4v) is 3.78. The van der Waals surface area contributed by atoms with Crippen molar-refractivity contribution in [3.8, 4) is 5.69 Å². The van der Waals surface area contributed by atoms with Crippen molar-refractivity contribution in [1.29, 1.82) is 0 Å². The number of carbonyl (C=O) groups is 1. The van der Waals surface area contributed by atoms with E-state index in [9.17, 15) is 4.79 Å². The number of aliphatic imine (C=N–C) groups is 1. The highest BCUT2D eigenvalue weighted by molar-refractivity contribution is 14.0. The first-order chi connectivity index (χ1) is 16.0. The van der Waals surface area contributed by atoms with Gasteiger partial charge >= 0.3 is 0 Å². The molecule has 0 fully saturated rings. The van der Waals surface area contributed by atoms with Crippen LogP contribution < -0.4 is 10.6 Å². The maximum absolute atomic E-state index is 12.5. The summed E-state index contributed by atoms with van der Waals surface area (Å²) in [5.74, 6) is 0.778. The van der Waals surface area contributed by atoms with Crippen LogP contribution in [0.25, 0.3) is 5.69 Å². The molecule has 182 valence electrons. The second-order valence-corrected chi connectivity index (χ2v) is 7.92. The first kappa shape index (κ1) is 27.4. The normalized spacial score (nSPS) is 11.0. The molecule has 1 aromatic heterocycles. The molecule has 1 amide bonds. The smallest absolute Gasteiger partial charge is 0.253 e. The average molecular weight is 575 g/mol. The van der Waals surface area contributed by atoms with Gasteiger partial charge in [0.1, 0.15) is 0 Å². The highest BCUT2D eigenvalue weighted by atomic mass is 127. The second-order valence-electron chi connectivity index (χ2n) is 7.92. The third-order valence-electron chi connectivity index (χ3n) is 5.61. The standard InChI is InChI=1S/C26H34N6O.HI/c1-6-31(7-2)25(33)22-14-12-21(13-15-22)17-28-26(27-5)29-18-23-10-8-9-11-24(23)32-20(4)16-19(3)30-32;/h8-16H,6-7,17-18H2,1-5H3,(H2,27,28,29);1H. The number of nitrogens with one attached hydrogen (secondary N) is 2. The van der Waals surface area contributed by atoms with Crippen LogP contribution in [0.3, 0.4) is 0 Å². The molecule has 1 heterocycles. The molecule has 3 rings (SSSR count). The van der Waals surface area contributed by atoms with Crippen LogP contribution in [0.2, 0.25) is 0 Å². The number of guanidine groups is 1. The van der Waals surface area contributed by atoms with Gasteiger partial charge in [-0.2, -0.15) is 5.10 Å². The predicted molar refractivity (Wildman–Crippen MR) is 149 cm³/mol. The number of hydrogen-bond donors (Lipinski definition) is 2. The number of aryl methyl sites for hydroxylation is 2. The summed E-state index contributed by atoms with van der Waals surface area (Å²) in [6.07, 6.45) is 0. The van der Waals surface area contributed by atoms with Crippen LogP contribution in [0.15, 0.2) is 59.6 Å². The molecule has 2 aromatic carbocycles. The third-order valence-corrected chi connectivity index (χ3v) is 5.61. The minimum Gasteiger partial charge on any atom is -0.352 e. The van der Waals surface area contributed by atoms with Gasteiger partial charge in [-0.05, 0) is 63.1 Å². The molecule has 2 N–H and O–H groups in total. The second kappa shape index (κ2) is 13.1. The molecule has 0 spiro atoms. The van der Waals surface area contributed by atoms with Gasteiger partial charge in [-0.3, -0.25) is 9.79 Å². The van der Waals surface area contributed by atoms with Crippen LogP contribution in [0.5, 0.6) is 0 Å². The Hall–Kier alpha value is -2.88. The number of halogens is 1. The van der Waals surface area contributed by atoms with E-state index in [1.54, 1.807) is 7.05 Å². The Kier molecular flexibility index (Phi) is 10.6. The maximum Gasteiger partial charge on any atom is 0.253 e. The Morgan fingerprint density at radius 1 is 1.00 bits per heavy atom. The van der Waals surface area contributed by atoms with E-state index in [1.807, 2.05) is 66.8 Å². The van der Waals surface area contributed by atoms with Gasteiger partial charge in [0.15, 0.2) is 5.96 Å². The number of benzene rings is 2. The van der Waals surface area contributed by atoms with Crippen LogP contribution in [0.1, 0.15) is 46.7 Å². The minimum absolute atomic E-state index is 0. The Balaban J connectivity index is 0.00000408. The minimum atomic E-state index is 0. The zero-order valence-electron chi connectivity index (χ0n) is 20.6. The molecular formula is C26H35IN6O. The number of amides is 1. The van der Waals surface area contributed by atoms with Gasteiger partial charge in [0, 0.05) is 44.5 Å². The van der Waals surface area contributed by atoms with Gasteiger partial charge in [-0.1, -0.05) is 30.3 Å².